The SMILES string of the molecule is C[C@H](Oc1ccc(F)cc1)C(=O)OCC(=O)NCCc1ccc(OC(F)F)cc1. The van der Waals surface area contributed by atoms with Gasteiger partial charge in [-0.3, -0.25) is 4.79 Å². The molecule has 156 valence electrons. The molecule has 2 rings (SSSR count). The normalized spacial score (nSPS) is 11.6. The van der Waals surface area contributed by atoms with Crippen LogP contribution in [0.4, 0.5) is 13.2 Å². The molecule has 0 bridgehead atoms. The fraction of sp³-hybridized carbons (Fsp3) is 0.300. The first-order chi connectivity index (χ1) is 13.8. The molecule has 0 unspecified atom stereocenters. The molecule has 29 heavy (non-hydrogen) atoms. The third-order valence-electron chi connectivity index (χ3n) is 3.69. The lowest BCUT2D eigenvalue weighted by Crippen LogP contribution is -2.33. The monoisotopic (exact) mass is 411 g/mol. The maximum Gasteiger partial charge on any atom is 0.387 e. The molecule has 0 spiro atoms. The molecule has 9 heteroatoms. The maximum absolute atomic E-state index is 12.8. The van der Waals surface area contributed by atoms with Crippen molar-refractivity contribution in [1.29, 1.82) is 0 Å². The van der Waals surface area contributed by atoms with Crippen LogP contribution in [0.1, 0.15) is 12.5 Å². The first kappa shape index (κ1) is 22.1. The van der Waals surface area contributed by atoms with E-state index in [1.165, 1.54) is 43.3 Å². The molecule has 2 aromatic rings. The van der Waals surface area contributed by atoms with Gasteiger partial charge in [0.2, 0.25) is 0 Å². The van der Waals surface area contributed by atoms with Crippen LogP contribution in [-0.4, -0.2) is 37.7 Å². The van der Waals surface area contributed by atoms with E-state index in [0.29, 0.717) is 12.2 Å². The molecular formula is C20H20F3NO5. The van der Waals surface area contributed by atoms with Gasteiger partial charge in [0.05, 0.1) is 0 Å². The van der Waals surface area contributed by atoms with Crippen LogP contribution in [0.15, 0.2) is 48.5 Å². The van der Waals surface area contributed by atoms with Gasteiger partial charge in [-0.1, -0.05) is 12.1 Å². The zero-order chi connectivity index (χ0) is 21.2. The Hall–Kier alpha value is -3.23. The Morgan fingerprint density at radius 1 is 0.966 bits per heavy atom. The van der Waals surface area contributed by atoms with E-state index in [-0.39, 0.29) is 12.3 Å². The van der Waals surface area contributed by atoms with Crippen LogP contribution in [0.5, 0.6) is 11.5 Å². The van der Waals surface area contributed by atoms with Gasteiger partial charge in [0.1, 0.15) is 17.3 Å². The zero-order valence-corrected chi connectivity index (χ0v) is 15.6. The third kappa shape index (κ3) is 8.12. The van der Waals surface area contributed by atoms with Crippen LogP contribution in [0.25, 0.3) is 0 Å². The van der Waals surface area contributed by atoms with Gasteiger partial charge >= 0.3 is 12.6 Å². The molecular weight excluding hydrogens is 391 g/mol. The van der Waals surface area contributed by atoms with E-state index in [4.69, 9.17) is 9.47 Å². The van der Waals surface area contributed by atoms with E-state index >= 15 is 0 Å². The number of amides is 1. The number of carbonyl (C=O) groups is 2. The summed E-state index contributed by atoms with van der Waals surface area (Å²) in [4.78, 5) is 23.6. The summed E-state index contributed by atoms with van der Waals surface area (Å²) in [5.74, 6) is -1.31. The average molecular weight is 411 g/mol. The smallest absolute Gasteiger partial charge is 0.387 e. The van der Waals surface area contributed by atoms with E-state index < -0.39 is 37.0 Å². The molecule has 0 aromatic heterocycles. The number of halogens is 3. The summed E-state index contributed by atoms with van der Waals surface area (Å²) >= 11 is 0. The minimum absolute atomic E-state index is 0.0525. The van der Waals surface area contributed by atoms with Crippen molar-refractivity contribution in [3.63, 3.8) is 0 Å². The van der Waals surface area contributed by atoms with Gasteiger partial charge in [0.25, 0.3) is 5.91 Å². The second kappa shape index (κ2) is 10.9. The van der Waals surface area contributed by atoms with E-state index in [2.05, 4.69) is 10.1 Å². The molecule has 1 N–H and O–H groups in total. The van der Waals surface area contributed by atoms with E-state index in [0.717, 1.165) is 5.56 Å². The minimum atomic E-state index is -2.88. The van der Waals surface area contributed by atoms with Crippen molar-refractivity contribution in [3.8, 4) is 11.5 Å². The first-order valence-electron chi connectivity index (χ1n) is 8.73. The standard InChI is InChI=1S/C20H20F3NO5/c1-13(28-16-8-4-15(21)5-9-16)19(26)27-12-18(25)24-11-10-14-2-6-17(7-3-14)29-20(22)23/h2-9,13,20H,10-12H2,1H3,(H,24,25)/t13-/m0/s1. The van der Waals surface area contributed by atoms with Crippen LogP contribution >= 0.6 is 0 Å². The van der Waals surface area contributed by atoms with Gasteiger partial charge in [0, 0.05) is 6.54 Å². The number of hydrogen-bond acceptors (Lipinski definition) is 5. The average Bonchev–Trinajstić information content (AvgIpc) is 2.68. The lowest BCUT2D eigenvalue weighted by molar-refractivity contribution is -0.154. The van der Waals surface area contributed by atoms with Crippen LogP contribution in [0, 0.1) is 5.82 Å². The quantitative estimate of drug-likeness (QED) is 0.609. The fourth-order valence-corrected chi connectivity index (χ4v) is 2.25. The highest BCUT2D eigenvalue weighted by molar-refractivity contribution is 5.81. The molecule has 1 atom stereocenters. The van der Waals surface area contributed by atoms with Gasteiger partial charge in [-0.15, -0.1) is 0 Å². The number of rotatable bonds is 10. The maximum atomic E-state index is 12.8. The van der Waals surface area contributed by atoms with Crippen LogP contribution in [0.3, 0.4) is 0 Å². The predicted octanol–water partition coefficient (Wildman–Crippen LogP) is 3.10. The zero-order valence-electron chi connectivity index (χ0n) is 15.6. The highest BCUT2D eigenvalue weighted by atomic mass is 19.3. The topological polar surface area (TPSA) is 73.9 Å². The van der Waals surface area contributed by atoms with Gasteiger partial charge in [-0.25, -0.2) is 9.18 Å². The highest BCUT2D eigenvalue weighted by Crippen LogP contribution is 2.15. The van der Waals surface area contributed by atoms with E-state index in [1.54, 1.807) is 12.1 Å². The number of carbonyl (C=O) groups excluding carboxylic acids is 2. The van der Waals surface area contributed by atoms with Crippen molar-refractivity contribution in [3.05, 3.63) is 59.9 Å². The molecule has 6 nitrogen and oxygen atoms in total. The Kier molecular flexibility index (Phi) is 8.32. The first-order valence-corrected chi connectivity index (χ1v) is 8.73. The van der Waals surface area contributed by atoms with Crippen molar-refractivity contribution in [2.45, 2.75) is 26.1 Å². The van der Waals surface area contributed by atoms with E-state index in [9.17, 15) is 22.8 Å². The summed E-state index contributed by atoms with van der Waals surface area (Å²) in [5.41, 5.74) is 0.810. The van der Waals surface area contributed by atoms with Crippen molar-refractivity contribution in [2.24, 2.45) is 0 Å². The lowest BCUT2D eigenvalue weighted by Gasteiger charge is -2.14. The molecule has 1 amide bonds. The van der Waals surface area contributed by atoms with Crippen molar-refractivity contribution in [2.75, 3.05) is 13.2 Å². The fourth-order valence-electron chi connectivity index (χ4n) is 2.25. The molecule has 0 aliphatic rings. The molecule has 0 fully saturated rings. The van der Waals surface area contributed by atoms with Crippen LogP contribution in [-0.2, 0) is 20.7 Å². The Balaban J connectivity index is 1.65. The Labute approximate surface area is 165 Å². The summed E-state index contributed by atoms with van der Waals surface area (Å²) < 4.78 is 51.5. The molecule has 0 aliphatic carbocycles. The number of hydrogen-bond donors (Lipinski definition) is 1. The molecule has 0 saturated carbocycles. The predicted molar refractivity (Wildman–Crippen MR) is 97.2 cm³/mol. The largest absolute Gasteiger partial charge is 0.479 e. The summed E-state index contributed by atoms with van der Waals surface area (Å²) in [7, 11) is 0. The number of nitrogens with one attached hydrogen (secondary N) is 1. The van der Waals surface area contributed by atoms with Gasteiger partial charge in [-0.2, -0.15) is 8.78 Å². The second-order valence-corrected chi connectivity index (χ2v) is 5.94. The molecule has 2 aromatic carbocycles. The van der Waals surface area contributed by atoms with Crippen molar-refractivity contribution < 1.29 is 37.0 Å². The van der Waals surface area contributed by atoms with Crippen LogP contribution in [0.2, 0.25) is 0 Å². The van der Waals surface area contributed by atoms with Crippen molar-refractivity contribution >= 4 is 11.9 Å². The van der Waals surface area contributed by atoms with Crippen LogP contribution < -0.4 is 14.8 Å². The van der Waals surface area contributed by atoms with E-state index in [1.807, 2.05) is 0 Å². The Morgan fingerprint density at radius 3 is 2.17 bits per heavy atom. The van der Waals surface area contributed by atoms with Gasteiger partial charge in [0.15, 0.2) is 12.7 Å². The third-order valence-corrected chi connectivity index (χ3v) is 3.69. The Morgan fingerprint density at radius 2 is 1.55 bits per heavy atom. The molecule has 0 radical (unpaired) electrons. The Bertz CT molecular complexity index is 797. The number of alkyl halides is 2. The molecule has 0 aliphatic heterocycles. The summed E-state index contributed by atoms with van der Waals surface area (Å²) in [5, 5.41) is 2.58. The number of benzene rings is 2. The number of ether oxygens (including phenoxy) is 3. The van der Waals surface area contributed by atoms with Gasteiger partial charge in [-0.05, 0) is 55.3 Å². The summed E-state index contributed by atoms with van der Waals surface area (Å²) in [6.45, 7) is -1.64. The number of esters is 1. The molecule has 0 heterocycles. The van der Waals surface area contributed by atoms with Gasteiger partial charge < -0.3 is 19.5 Å². The lowest BCUT2D eigenvalue weighted by atomic mass is 10.1. The summed E-state index contributed by atoms with van der Waals surface area (Å²) in [6.07, 6.45) is -0.513. The second-order valence-electron chi connectivity index (χ2n) is 5.94. The highest BCUT2D eigenvalue weighted by Gasteiger charge is 2.17. The molecule has 0 saturated heterocycles. The van der Waals surface area contributed by atoms with Crippen molar-refractivity contribution in [1.82, 2.24) is 5.32 Å². The minimum Gasteiger partial charge on any atom is -0.479 e. The summed E-state index contributed by atoms with van der Waals surface area (Å²) in [6, 6.07) is 11.2.